The monoisotopic (exact) mass is 324 g/mol. The summed E-state index contributed by atoms with van der Waals surface area (Å²) in [6.07, 6.45) is -1.61. The standard InChI is InChI=1S/C16H19F3N4/c1-22-8-6-13-12(10-22)3-2-7-23(13)15-11(9-20)4-5-14(21-15)16(17,18)19/h4-5,12-13H,2-3,6-8,10H2,1H3/t12-,13+/m0/s1. The molecule has 0 amide bonds. The quantitative estimate of drug-likeness (QED) is 0.797. The van der Waals surface area contributed by atoms with Crippen LogP contribution in [0.25, 0.3) is 0 Å². The van der Waals surface area contributed by atoms with Crippen molar-refractivity contribution in [3.63, 3.8) is 0 Å². The lowest BCUT2D eigenvalue weighted by molar-refractivity contribution is -0.141. The van der Waals surface area contributed by atoms with Crippen LogP contribution in [0.15, 0.2) is 12.1 Å². The largest absolute Gasteiger partial charge is 0.433 e. The Morgan fingerprint density at radius 3 is 2.74 bits per heavy atom. The minimum atomic E-state index is -4.50. The summed E-state index contributed by atoms with van der Waals surface area (Å²) in [6, 6.07) is 4.29. The first kappa shape index (κ1) is 16.1. The van der Waals surface area contributed by atoms with Crippen molar-refractivity contribution in [1.82, 2.24) is 9.88 Å². The van der Waals surface area contributed by atoms with E-state index in [1.807, 2.05) is 11.0 Å². The smallest absolute Gasteiger partial charge is 0.352 e. The lowest BCUT2D eigenvalue weighted by Crippen LogP contribution is -2.53. The third-order valence-corrected chi connectivity index (χ3v) is 4.83. The highest BCUT2D eigenvalue weighted by molar-refractivity contribution is 5.55. The molecule has 0 spiro atoms. The van der Waals surface area contributed by atoms with E-state index in [1.165, 1.54) is 6.07 Å². The molecule has 2 fully saturated rings. The van der Waals surface area contributed by atoms with Crippen LogP contribution in [0.1, 0.15) is 30.5 Å². The van der Waals surface area contributed by atoms with Gasteiger partial charge in [-0.15, -0.1) is 0 Å². The van der Waals surface area contributed by atoms with Crippen LogP contribution in [0.5, 0.6) is 0 Å². The van der Waals surface area contributed by atoms with Gasteiger partial charge in [0.1, 0.15) is 17.6 Å². The molecule has 4 nitrogen and oxygen atoms in total. The average Bonchev–Trinajstić information content (AvgIpc) is 2.52. The number of rotatable bonds is 1. The number of fused-ring (bicyclic) bond motifs is 1. The number of likely N-dealkylation sites (tertiary alicyclic amines) is 1. The number of aromatic nitrogens is 1. The Kier molecular flexibility index (Phi) is 4.19. The lowest BCUT2D eigenvalue weighted by Gasteiger charge is -2.47. The van der Waals surface area contributed by atoms with Gasteiger partial charge in [-0.1, -0.05) is 0 Å². The molecule has 7 heteroatoms. The molecule has 2 aliphatic heterocycles. The van der Waals surface area contributed by atoms with Gasteiger partial charge >= 0.3 is 6.18 Å². The number of piperidine rings is 2. The van der Waals surface area contributed by atoms with E-state index in [0.29, 0.717) is 12.5 Å². The van der Waals surface area contributed by atoms with Crippen LogP contribution in [0, 0.1) is 17.2 Å². The Bertz CT molecular complexity index is 623. The molecule has 0 bridgehead atoms. The minimum Gasteiger partial charge on any atom is -0.352 e. The zero-order chi connectivity index (χ0) is 16.6. The average molecular weight is 324 g/mol. The zero-order valence-electron chi connectivity index (χ0n) is 13.0. The van der Waals surface area contributed by atoms with Crippen LogP contribution in [-0.2, 0) is 6.18 Å². The molecule has 1 aromatic rings. The number of pyridine rings is 1. The number of hydrogen-bond donors (Lipinski definition) is 0. The summed E-state index contributed by atoms with van der Waals surface area (Å²) in [5, 5.41) is 9.27. The molecule has 0 aromatic carbocycles. The van der Waals surface area contributed by atoms with Crippen LogP contribution in [0.3, 0.4) is 0 Å². The van der Waals surface area contributed by atoms with E-state index >= 15 is 0 Å². The van der Waals surface area contributed by atoms with Gasteiger partial charge in [0.2, 0.25) is 0 Å². The second-order valence-corrected chi connectivity index (χ2v) is 6.39. The van der Waals surface area contributed by atoms with E-state index in [-0.39, 0.29) is 17.4 Å². The summed E-state index contributed by atoms with van der Waals surface area (Å²) in [4.78, 5) is 8.01. The summed E-state index contributed by atoms with van der Waals surface area (Å²) < 4.78 is 39.0. The second-order valence-electron chi connectivity index (χ2n) is 6.39. The van der Waals surface area contributed by atoms with Crippen molar-refractivity contribution in [2.24, 2.45) is 5.92 Å². The van der Waals surface area contributed by atoms with Crippen molar-refractivity contribution in [3.8, 4) is 6.07 Å². The molecule has 0 saturated carbocycles. The van der Waals surface area contributed by atoms with Gasteiger partial charge in [0.15, 0.2) is 0 Å². The molecule has 1 aromatic heterocycles. The van der Waals surface area contributed by atoms with Gasteiger partial charge in [-0.3, -0.25) is 0 Å². The minimum absolute atomic E-state index is 0.169. The van der Waals surface area contributed by atoms with E-state index in [0.717, 1.165) is 38.4 Å². The fourth-order valence-corrected chi connectivity index (χ4v) is 3.76. The molecule has 124 valence electrons. The highest BCUT2D eigenvalue weighted by Crippen LogP contribution is 2.36. The second kappa shape index (κ2) is 6.00. The Morgan fingerprint density at radius 2 is 2.04 bits per heavy atom. The number of nitrogens with zero attached hydrogens (tertiary/aromatic N) is 4. The van der Waals surface area contributed by atoms with Crippen molar-refractivity contribution in [1.29, 1.82) is 5.26 Å². The number of alkyl halides is 3. The molecule has 0 N–H and O–H groups in total. The van der Waals surface area contributed by atoms with Crippen LogP contribution in [-0.4, -0.2) is 42.6 Å². The first-order valence-electron chi connectivity index (χ1n) is 7.83. The topological polar surface area (TPSA) is 43.2 Å². The van der Waals surface area contributed by atoms with Gasteiger partial charge < -0.3 is 9.80 Å². The number of halogens is 3. The first-order valence-corrected chi connectivity index (χ1v) is 7.83. The maximum Gasteiger partial charge on any atom is 0.433 e. The Morgan fingerprint density at radius 1 is 1.26 bits per heavy atom. The van der Waals surface area contributed by atoms with Gasteiger partial charge in [0.25, 0.3) is 0 Å². The Hall–Kier alpha value is -1.81. The molecule has 0 unspecified atom stereocenters. The summed E-state index contributed by atoms with van der Waals surface area (Å²) in [7, 11) is 2.07. The summed E-state index contributed by atoms with van der Waals surface area (Å²) >= 11 is 0. The van der Waals surface area contributed by atoms with Crippen molar-refractivity contribution in [2.45, 2.75) is 31.5 Å². The zero-order valence-corrected chi connectivity index (χ0v) is 13.0. The summed E-state index contributed by atoms with van der Waals surface area (Å²) in [6.45, 7) is 2.52. The Balaban J connectivity index is 1.97. The fourth-order valence-electron chi connectivity index (χ4n) is 3.76. The third kappa shape index (κ3) is 3.13. The molecule has 3 heterocycles. The van der Waals surface area contributed by atoms with Gasteiger partial charge in [0, 0.05) is 19.1 Å². The molecule has 0 radical (unpaired) electrons. The molecule has 2 aliphatic rings. The lowest BCUT2D eigenvalue weighted by atomic mass is 9.84. The van der Waals surface area contributed by atoms with Crippen molar-refractivity contribution in [2.75, 3.05) is 31.6 Å². The third-order valence-electron chi connectivity index (χ3n) is 4.83. The van der Waals surface area contributed by atoms with E-state index in [2.05, 4.69) is 16.9 Å². The molecule has 2 atom stereocenters. The van der Waals surface area contributed by atoms with Crippen molar-refractivity contribution < 1.29 is 13.2 Å². The maximum absolute atomic E-state index is 13.0. The maximum atomic E-state index is 13.0. The number of nitriles is 1. The van der Waals surface area contributed by atoms with E-state index in [4.69, 9.17) is 0 Å². The van der Waals surface area contributed by atoms with Crippen LogP contribution < -0.4 is 4.90 Å². The number of hydrogen-bond acceptors (Lipinski definition) is 4. The van der Waals surface area contributed by atoms with E-state index < -0.39 is 11.9 Å². The predicted molar refractivity (Wildman–Crippen MR) is 79.9 cm³/mol. The Labute approximate surface area is 133 Å². The fraction of sp³-hybridized carbons (Fsp3) is 0.625. The van der Waals surface area contributed by atoms with Crippen LogP contribution in [0.2, 0.25) is 0 Å². The van der Waals surface area contributed by atoms with Crippen molar-refractivity contribution in [3.05, 3.63) is 23.4 Å². The number of anilines is 1. The van der Waals surface area contributed by atoms with Gasteiger partial charge in [0.05, 0.1) is 5.56 Å². The predicted octanol–water partition coefficient (Wildman–Crippen LogP) is 2.89. The van der Waals surface area contributed by atoms with E-state index in [9.17, 15) is 18.4 Å². The molecule has 2 saturated heterocycles. The highest BCUT2D eigenvalue weighted by Gasteiger charge is 2.38. The van der Waals surface area contributed by atoms with Crippen LogP contribution >= 0.6 is 0 Å². The van der Waals surface area contributed by atoms with Gasteiger partial charge in [-0.2, -0.15) is 18.4 Å². The summed E-state index contributed by atoms with van der Waals surface area (Å²) in [5.41, 5.74) is -0.709. The highest BCUT2D eigenvalue weighted by atomic mass is 19.4. The molecular formula is C16H19F3N4. The SMILES string of the molecule is CN1CC[C@@H]2[C@@H](CCCN2c2nc(C(F)(F)F)ccc2C#N)C1. The first-order chi connectivity index (χ1) is 10.9. The summed E-state index contributed by atoms with van der Waals surface area (Å²) in [5.74, 6) is 0.618. The molecular weight excluding hydrogens is 305 g/mol. The molecule has 3 rings (SSSR count). The van der Waals surface area contributed by atoms with Crippen LogP contribution in [0.4, 0.5) is 19.0 Å². The van der Waals surface area contributed by atoms with Gasteiger partial charge in [-0.05, 0) is 50.9 Å². The van der Waals surface area contributed by atoms with E-state index in [1.54, 1.807) is 0 Å². The molecule has 23 heavy (non-hydrogen) atoms. The van der Waals surface area contributed by atoms with Crippen molar-refractivity contribution >= 4 is 5.82 Å². The molecule has 0 aliphatic carbocycles. The normalized spacial score (nSPS) is 25.8. The van der Waals surface area contributed by atoms with Gasteiger partial charge in [-0.25, -0.2) is 4.98 Å².